The van der Waals surface area contributed by atoms with Crippen molar-refractivity contribution >= 4 is 43.6 Å². The number of hydrogen-bond donors (Lipinski definition) is 0. The zero-order chi connectivity index (χ0) is 37.3. The second-order valence-corrected chi connectivity index (χ2v) is 15.6. The number of para-hydroxylation sites is 2. The van der Waals surface area contributed by atoms with Crippen LogP contribution in [0.4, 0.5) is 4.39 Å². The lowest BCUT2D eigenvalue weighted by Crippen LogP contribution is -2.10. The molecule has 2 aromatic heterocycles. The number of nitrogens with zero attached hydrogens (tertiary/aromatic N) is 2. The molecule has 0 spiro atoms. The van der Waals surface area contributed by atoms with E-state index in [1.54, 1.807) is 0 Å². The molecule has 10 rings (SSSR count). The summed E-state index contributed by atoms with van der Waals surface area (Å²) in [6.07, 6.45) is 0. The average Bonchev–Trinajstić information content (AvgIpc) is 3.73. The van der Waals surface area contributed by atoms with E-state index in [2.05, 4.69) is 188 Å². The van der Waals surface area contributed by atoms with Crippen LogP contribution in [0.2, 0.25) is 0 Å². The van der Waals surface area contributed by atoms with Gasteiger partial charge in [0, 0.05) is 32.9 Å². The van der Waals surface area contributed by atoms with E-state index in [4.69, 9.17) is 0 Å². The Bertz CT molecular complexity index is 3030. The molecule has 8 aromatic carbocycles. The molecule has 0 fully saturated rings. The quantitative estimate of drug-likeness (QED) is 0.168. The molecular formula is C52H39FN2. The van der Waals surface area contributed by atoms with Gasteiger partial charge in [-0.25, -0.2) is 4.39 Å². The number of halogens is 1. The summed E-state index contributed by atoms with van der Waals surface area (Å²) in [6, 6.07) is 64.3. The standard InChI is InChI=1S/C52H39FN2/c1-52(2,3)40-22-13-36(14-23-40)39-19-28-45-47-32-38(21-30-50(47)55(51(45)33-39)42-9-5-4-6-10-42)37-20-29-49-46(31-37)44-11-7-8-12-48(44)54(49)43-26-17-35(18-27-43)34-15-24-41(53)25-16-34/h4-33H,1-3H3. The molecule has 55 heavy (non-hydrogen) atoms. The van der Waals surface area contributed by atoms with Crippen molar-refractivity contribution in [3.8, 4) is 44.8 Å². The molecule has 0 N–H and O–H groups in total. The second kappa shape index (κ2) is 12.7. The molecule has 10 aromatic rings. The lowest BCUT2D eigenvalue weighted by Gasteiger charge is -2.19. The highest BCUT2D eigenvalue weighted by Gasteiger charge is 2.18. The fraction of sp³-hybridized carbons (Fsp3) is 0.0769. The van der Waals surface area contributed by atoms with E-state index in [0.717, 1.165) is 33.5 Å². The molecule has 3 heteroatoms. The van der Waals surface area contributed by atoms with Gasteiger partial charge < -0.3 is 9.13 Å². The fourth-order valence-corrected chi connectivity index (χ4v) is 8.27. The lowest BCUT2D eigenvalue weighted by molar-refractivity contribution is 0.590. The van der Waals surface area contributed by atoms with Crippen molar-refractivity contribution in [2.75, 3.05) is 0 Å². The zero-order valence-corrected chi connectivity index (χ0v) is 31.1. The number of fused-ring (bicyclic) bond motifs is 6. The predicted molar refractivity (Wildman–Crippen MR) is 230 cm³/mol. The Balaban J connectivity index is 1.09. The van der Waals surface area contributed by atoms with Crippen molar-refractivity contribution in [3.05, 3.63) is 193 Å². The van der Waals surface area contributed by atoms with Gasteiger partial charge >= 0.3 is 0 Å². The summed E-state index contributed by atoms with van der Waals surface area (Å²) in [7, 11) is 0. The summed E-state index contributed by atoms with van der Waals surface area (Å²) in [5.41, 5.74) is 15.2. The van der Waals surface area contributed by atoms with Crippen LogP contribution in [0, 0.1) is 5.82 Å². The van der Waals surface area contributed by atoms with E-state index in [1.807, 2.05) is 12.1 Å². The molecule has 0 atom stereocenters. The minimum absolute atomic E-state index is 0.112. The van der Waals surface area contributed by atoms with Gasteiger partial charge in [0.05, 0.1) is 22.1 Å². The van der Waals surface area contributed by atoms with Gasteiger partial charge in [0.25, 0.3) is 0 Å². The van der Waals surface area contributed by atoms with Crippen LogP contribution >= 0.6 is 0 Å². The van der Waals surface area contributed by atoms with Crippen LogP contribution in [0.15, 0.2) is 182 Å². The average molecular weight is 711 g/mol. The van der Waals surface area contributed by atoms with Gasteiger partial charge in [-0.3, -0.25) is 0 Å². The number of benzene rings is 8. The van der Waals surface area contributed by atoms with E-state index in [-0.39, 0.29) is 11.2 Å². The van der Waals surface area contributed by atoms with Gasteiger partial charge in [0.15, 0.2) is 0 Å². The molecule has 2 heterocycles. The summed E-state index contributed by atoms with van der Waals surface area (Å²) >= 11 is 0. The van der Waals surface area contributed by atoms with E-state index in [9.17, 15) is 4.39 Å². The summed E-state index contributed by atoms with van der Waals surface area (Å²) < 4.78 is 18.3. The monoisotopic (exact) mass is 710 g/mol. The Kier molecular flexibility index (Phi) is 7.60. The van der Waals surface area contributed by atoms with Crippen LogP contribution in [0.1, 0.15) is 26.3 Å². The van der Waals surface area contributed by atoms with E-state index < -0.39 is 0 Å². The molecule has 0 bridgehead atoms. The molecule has 0 unspecified atom stereocenters. The first-order valence-corrected chi connectivity index (χ1v) is 18.9. The summed E-state index contributed by atoms with van der Waals surface area (Å²) in [5.74, 6) is -0.226. The smallest absolute Gasteiger partial charge is 0.123 e. The van der Waals surface area contributed by atoms with E-state index in [1.165, 1.54) is 72.5 Å². The van der Waals surface area contributed by atoms with Crippen molar-refractivity contribution in [2.24, 2.45) is 0 Å². The van der Waals surface area contributed by atoms with Crippen LogP contribution in [0.5, 0.6) is 0 Å². The Morgan fingerprint density at radius 2 is 0.782 bits per heavy atom. The molecule has 0 saturated heterocycles. The predicted octanol–water partition coefficient (Wildman–Crippen LogP) is 14.3. The van der Waals surface area contributed by atoms with Crippen molar-refractivity contribution in [2.45, 2.75) is 26.2 Å². The van der Waals surface area contributed by atoms with Gasteiger partial charge in [-0.15, -0.1) is 0 Å². The van der Waals surface area contributed by atoms with Gasteiger partial charge in [-0.05, 0) is 117 Å². The first-order chi connectivity index (χ1) is 26.8. The largest absolute Gasteiger partial charge is 0.309 e. The zero-order valence-electron chi connectivity index (χ0n) is 31.1. The van der Waals surface area contributed by atoms with E-state index >= 15 is 0 Å². The minimum atomic E-state index is -0.226. The fourth-order valence-electron chi connectivity index (χ4n) is 8.27. The van der Waals surface area contributed by atoms with E-state index in [0.29, 0.717) is 0 Å². The third kappa shape index (κ3) is 5.63. The van der Waals surface area contributed by atoms with Gasteiger partial charge in [-0.2, -0.15) is 0 Å². The topological polar surface area (TPSA) is 9.86 Å². The highest BCUT2D eigenvalue weighted by Crippen LogP contribution is 2.40. The van der Waals surface area contributed by atoms with Gasteiger partial charge in [0.1, 0.15) is 5.82 Å². The lowest BCUT2D eigenvalue weighted by atomic mass is 9.86. The van der Waals surface area contributed by atoms with Crippen LogP contribution in [0.3, 0.4) is 0 Å². The number of hydrogen-bond acceptors (Lipinski definition) is 0. The Labute approximate surface area is 320 Å². The molecule has 0 aliphatic heterocycles. The molecule has 2 nitrogen and oxygen atoms in total. The van der Waals surface area contributed by atoms with Crippen LogP contribution < -0.4 is 0 Å². The Morgan fingerprint density at radius 1 is 0.345 bits per heavy atom. The third-order valence-corrected chi connectivity index (χ3v) is 11.2. The summed E-state index contributed by atoms with van der Waals surface area (Å²) in [5, 5.41) is 4.89. The highest BCUT2D eigenvalue weighted by molar-refractivity contribution is 6.13. The van der Waals surface area contributed by atoms with Crippen molar-refractivity contribution < 1.29 is 4.39 Å². The summed E-state index contributed by atoms with van der Waals surface area (Å²) in [4.78, 5) is 0. The second-order valence-electron chi connectivity index (χ2n) is 15.6. The molecule has 264 valence electrons. The van der Waals surface area contributed by atoms with Crippen molar-refractivity contribution in [1.82, 2.24) is 9.13 Å². The van der Waals surface area contributed by atoms with Crippen LogP contribution in [-0.4, -0.2) is 9.13 Å². The summed E-state index contributed by atoms with van der Waals surface area (Å²) in [6.45, 7) is 6.78. The maximum atomic E-state index is 13.6. The van der Waals surface area contributed by atoms with Gasteiger partial charge in [-0.1, -0.05) is 130 Å². The molecule has 0 aliphatic carbocycles. The minimum Gasteiger partial charge on any atom is -0.309 e. The number of aromatic nitrogens is 2. The van der Waals surface area contributed by atoms with Crippen molar-refractivity contribution in [1.29, 1.82) is 0 Å². The normalized spacial score (nSPS) is 12.0. The molecule has 0 aliphatic rings. The van der Waals surface area contributed by atoms with Crippen molar-refractivity contribution in [3.63, 3.8) is 0 Å². The number of rotatable bonds is 5. The third-order valence-electron chi connectivity index (χ3n) is 11.2. The maximum absolute atomic E-state index is 13.6. The maximum Gasteiger partial charge on any atom is 0.123 e. The molecule has 0 radical (unpaired) electrons. The highest BCUT2D eigenvalue weighted by atomic mass is 19.1. The van der Waals surface area contributed by atoms with Crippen LogP contribution in [-0.2, 0) is 5.41 Å². The Morgan fingerprint density at radius 3 is 1.42 bits per heavy atom. The molecule has 0 saturated carbocycles. The molecular weight excluding hydrogens is 672 g/mol. The first-order valence-electron chi connectivity index (χ1n) is 18.9. The molecule has 0 amide bonds. The van der Waals surface area contributed by atoms with Crippen LogP contribution in [0.25, 0.3) is 88.4 Å². The van der Waals surface area contributed by atoms with Gasteiger partial charge in [0.2, 0.25) is 0 Å². The Hall–Kier alpha value is -6.71. The first kappa shape index (κ1) is 32.9. The SMILES string of the molecule is CC(C)(C)c1ccc(-c2ccc3c4cc(-c5ccc6c(c5)c5ccccc5n6-c5ccc(-c6ccc(F)cc6)cc5)ccc4n(-c4ccccc4)c3c2)cc1.